The fourth-order valence-corrected chi connectivity index (χ4v) is 1.81. The maximum atomic E-state index is 3.52. The van der Waals surface area contributed by atoms with Crippen LogP contribution in [0.15, 0.2) is 0 Å². The smallest absolute Gasteiger partial charge is 0.0217 e. The standard InChI is InChI=1S/C7H14N2/c1-4-8-5-2-7(1)3-6-9-7/h8-9H,1-6H2. The lowest BCUT2D eigenvalue weighted by Gasteiger charge is -2.46. The summed E-state index contributed by atoms with van der Waals surface area (Å²) in [7, 11) is 0. The maximum absolute atomic E-state index is 3.52. The molecule has 2 fully saturated rings. The molecule has 0 aliphatic carbocycles. The van der Waals surface area contributed by atoms with E-state index in [9.17, 15) is 0 Å². The minimum absolute atomic E-state index is 0.589. The monoisotopic (exact) mass is 126 g/mol. The van der Waals surface area contributed by atoms with Crippen molar-refractivity contribution in [1.29, 1.82) is 0 Å². The van der Waals surface area contributed by atoms with Gasteiger partial charge in [0.05, 0.1) is 0 Å². The molecule has 2 heterocycles. The van der Waals surface area contributed by atoms with Crippen LogP contribution in [0.3, 0.4) is 0 Å². The minimum atomic E-state index is 0.589. The molecule has 2 N–H and O–H groups in total. The summed E-state index contributed by atoms with van der Waals surface area (Å²) in [6.07, 6.45) is 4.09. The van der Waals surface area contributed by atoms with E-state index in [1.54, 1.807) is 0 Å². The Labute approximate surface area is 56.0 Å². The Morgan fingerprint density at radius 1 is 0.889 bits per heavy atom. The van der Waals surface area contributed by atoms with Gasteiger partial charge in [0, 0.05) is 5.54 Å². The molecule has 0 aromatic carbocycles. The van der Waals surface area contributed by atoms with Gasteiger partial charge in [-0.15, -0.1) is 0 Å². The summed E-state index contributed by atoms with van der Waals surface area (Å²) in [6.45, 7) is 3.68. The van der Waals surface area contributed by atoms with Gasteiger partial charge in [-0.2, -0.15) is 0 Å². The lowest BCUT2D eigenvalue weighted by Crippen LogP contribution is -2.61. The fourth-order valence-electron chi connectivity index (χ4n) is 1.81. The molecule has 0 radical (unpaired) electrons. The predicted octanol–water partition coefficient (Wildman–Crippen LogP) is 0.102. The summed E-state index contributed by atoms with van der Waals surface area (Å²) < 4.78 is 0. The van der Waals surface area contributed by atoms with Crippen molar-refractivity contribution in [2.45, 2.75) is 24.8 Å². The van der Waals surface area contributed by atoms with E-state index < -0.39 is 0 Å². The van der Waals surface area contributed by atoms with E-state index in [1.165, 1.54) is 38.9 Å². The van der Waals surface area contributed by atoms with Crippen LogP contribution in [0.5, 0.6) is 0 Å². The van der Waals surface area contributed by atoms with Gasteiger partial charge in [0.1, 0.15) is 0 Å². The van der Waals surface area contributed by atoms with Crippen molar-refractivity contribution >= 4 is 0 Å². The maximum Gasteiger partial charge on any atom is 0.0217 e. The van der Waals surface area contributed by atoms with E-state index in [4.69, 9.17) is 0 Å². The largest absolute Gasteiger partial charge is 0.317 e. The van der Waals surface area contributed by atoms with Gasteiger partial charge in [-0.25, -0.2) is 0 Å². The number of hydrogen-bond donors (Lipinski definition) is 2. The van der Waals surface area contributed by atoms with Crippen LogP contribution >= 0.6 is 0 Å². The fraction of sp³-hybridized carbons (Fsp3) is 1.00. The van der Waals surface area contributed by atoms with Gasteiger partial charge in [0.2, 0.25) is 0 Å². The van der Waals surface area contributed by atoms with Crippen LogP contribution in [0.4, 0.5) is 0 Å². The highest BCUT2D eigenvalue weighted by atomic mass is 15.1. The molecule has 0 amide bonds. The Bertz CT molecular complexity index is 99.5. The molecule has 2 saturated heterocycles. The highest BCUT2D eigenvalue weighted by Crippen LogP contribution is 2.27. The molecular formula is C7H14N2. The van der Waals surface area contributed by atoms with Crippen molar-refractivity contribution < 1.29 is 0 Å². The second kappa shape index (κ2) is 1.96. The van der Waals surface area contributed by atoms with Crippen molar-refractivity contribution in [1.82, 2.24) is 10.6 Å². The number of rotatable bonds is 0. The van der Waals surface area contributed by atoms with Gasteiger partial charge in [-0.05, 0) is 38.9 Å². The quantitative estimate of drug-likeness (QED) is 0.481. The summed E-state index contributed by atoms with van der Waals surface area (Å²) in [5.74, 6) is 0. The van der Waals surface area contributed by atoms with Gasteiger partial charge in [-0.3, -0.25) is 0 Å². The molecule has 0 atom stereocenters. The Morgan fingerprint density at radius 3 is 1.89 bits per heavy atom. The van der Waals surface area contributed by atoms with Gasteiger partial charge in [-0.1, -0.05) is 0 Å². The van der Waals surface area contributed by atoms with Crippen LogP contribution in [0.1, 0.15) is 19.3 Å². The highest BCUT2D eigenvalue weighted by Gasteiger charge is 2.36. The van der Waals surface area contributed by atoms with Crippen molar-refractivity contribution in [3.63, 3.8) is 0 Å². The first-order valence-electron chi connectivity index (χ1n) is 3.87. The van der Waals surface area contributed by atoms with Crippen LogP contribution in [-0.4, -0.2) is 25.2 Å². The molecule has 0 saturated carbocycles. The van der Waals surface area contributed by atoms with Crippen LogP contribution in [0.25, 0.3) is 0 Å². The summed E-state index contributed by atoms with van der Waals surface area (Å²) >= 11 is 0. The van der Waals surface area contributed by atoms with Crippen molar-refractivity contribution in [2.24, 2.45) is 0 Å². The number of hydrogen-bond acceptors (Lipinski definition) is 2. The lowest BCUT2D eigenvalue weighted by atomic mass is 9.80. The molecule has 52 valence electrons. The molecule has 9 heavy (non-hydrogen) atoms. The Kier molecular flexibility index (Phi) is 1.24. The minimum Gasteiger partial charge on any atom is -0.317 e. The number of nitrogens with one attached hydrogen (secondary N) is 2. The van der Waals surface area contributed by atoms with Crippen LogP contribution in [0.2, 0.25) is 0 Å². The van der Waals surface area contributed by atoms with E-state index in [0.717, 1.165) is 0 Å². The zero-order chi connectivity index (χ0) is 6.16. The van der Waals surface area contributed by atoms with Crippen molar-refractivity contribution in [3.05, 3.63) is 0 Å². The average Bonchev–Trinajstić information content (AvgIpc) is 1.87. The van der Waals surface area contributed by atoms with E-state index in [2.05, 4.69) is 10.6 Å². The third kappa shape index (κ3) is 0.864. The van der Waals surface area contributed by atoms with Crippen molar-refractivity contribution in [2.75, 3.05) is 19.6 Å². The van der Waals surface area contributed by atoms with E-state index >= 15 is 0 Å². The summed E-state index contributed by atoms with van der Waals surface area (Å²) in [5, 5.41) is 6.89. The summed E-state index contributed by atoms with van der Waals surface area (Å²) in [6, 6.07) is 0. The molecule has 2 aliphatic heterocycles. The van der Waals surface area contributed by atoms with Gasteiger partial charge < -0.3 is 10.6 Å². The normalized spacial score (nSPS) is 32.0. The van der Waals surface area contributed by atoms with Crippen LogP contribution in [0, 0.1) is 0 Å². The molecule has 2 rings (SSSR count). The molecular weight excluding hydrogens is 112 g/mol. The number of piperidine rings is 1. The second-order valence-electron chi connectivity index (χ2n) is 3.21. The highest BCUT2D eigenvalue weighted by molar-refractivity contribution is 4.99. The lowest BCUT2D eigenvalue weighted by molar-refractivity contribution is 0.153. The van der Waals surface area contributed by atoms with Crippen LogP contribution < -0.4 is 10.6 Å². The molecule has 0 unspecified atom stereocenters. The molecule has 2 nitrogen and oxygen atoms in total. The average molecular weight is 126 g/mol. The first-order chi connectivity index (χ1) is 4.41. The zero-order valence-electron chi connectivity index (χ0n) is 5.74. The van der Waals surface area contributed by atoms with E-state index in [1.807, 2.05) is 0 Å². The summed E-state index contributed by atoms with van der Waals surface area (Å²) in [4.78, 5) is 0. The predicted molar refractivity (Wildman–Crippen MR) is 37.5 cm³/mol. The van der Waals surface area contributed by atoms with E-state index in [-0.39, 0.29) is 0 Å². The molecule has 0 bridgehead atoms. The second-order valence-corrected chi connectivity index (χ2v) is 3.21. The molecule has 2 aliphatic rings. The Balaban J connectivity index is 1.93. The zero-order valence-corrected chi connectivity index (χ0v) is 5.74. The Hall–Kier alpha value is -0.0800. The third-order valence-corrected chi connectivity index (χ3v) is 2.66. The SMILES string of the molecule is C1CC2(CCN1)CCN2. The molecule has 0 aromatic heterocycles. The van der Waals surface area contributed by atoms with Crippen LogP contribution in [-0.2, 0) is 0 Å². The molecule has 0 aromatic rings. The first-order valence-corrected chi connectivity index (χ1v) is 3.87. The molecule has 1 spiro atoms. The van der Waals surface area contributed by atoms with Crippen molar-refractivity contribution in [3.8, 4) is 0 Å². The van der Waals surface area contributed by atoms with E-state index in [0.29, 0.717) is 5.54 Å². The summed E-state index contributed by atoms with van der Waals surface area (Å²) in [5.41, 5.74) is 0.589. The topological polar surface area (TPSA) is 24.1 Å². The first kappa shape index (κ1) is 5.69. The van der Waals surface area contributed by atoms with Gasteiger partial charge in [0.15, 0.2) is 0 Å². The van der Waals surface area contributed by atoms with Gasteiger partial charge >= 0.3 is 0 Å². The Morgan fingerprint density at radius 2 is 1.56 bits per heavy atom. The third-order valence-electron chi connectivity index (χ3n) is 2.66. The van der Waals surface area contributed by atoms with Gasteiger partial charge in [0.25, 0.3) is 0 Å². The molecule has 2 heteroatoms.